The van der Waals surface area contributed by atoms with Crippen LogP contribution in [0.1, 0.15) is 35.1 Å². The Kier molecular flexibility index (Phi) is 5.20. The predicted octanol–water partition coefficient (Wildman–Crippen LogP) is 3.53. The lowest BCUT2D eigenvalue weighted by Gasteiger charge is -2.09. The van der Waals surface area contributed by atoms with E-state index in [9.17, 15) is 5.11 Å². The van der Waals surface area contributed by atoms with Crippen LogP contribution in [0.5, 0.6) is 0 Å². The van der Waals surface area contributed by atoms with Gasteiger partial charge in [0.1, 0.15) is 0 Å². The molecule has 2 aromatic carbocycles. The van der Waals surface area contributed by atoms with Gasteiger partial charge < -0.3 is 5.11 Å². The van der Waals surface area contributed by atoms with Crippen molar-refractivity contribution in [1.29, 1.82) is 0 Å². The summed E-state index contributed by atoms with van der Waals surface area (Å²) in [6.45, 7) is 4.00. The quantitative estimate of drug-likeness (QED) is 0.431. The van der Waals surface area contributed by atoms with Crippen LogP contribution in [0.15, 0.2) is 54.6 Å². The first-order valence-electron chi connectivity index (χ1n) is 10.6. The molecule has 3 heterocycles. The fraction of sp³-hybridized carbons (Fsp3) is 0.208. The van der Waals surface area contributed by atoms with Gasteiger partial charge in [0, 0.05) is 23.2 Å². The molecule has 0 aliphatic heterocycles. The highest BCUT2D eigenvalue weighted by Gasteiger charge is 2.16. The van der Waals surface area contributed by atoms with Crippen LogP contribution in [0.2, 0.25) is 0 Å². The molecule has 0 aliphatic rings. The van der Waals surface area contributed by atoms with Crippen LogP contribution >= 0.6 is 0 Å². The molecule has 0 saturated heterocycles. The molecule has 5 aromatic rings. The Labute approximate surface area is 185 Å². The third-order valence-electron chi connectivity index (χ3n) is 5.65. The zero-order valence-electron chi connectivity index (χ0n) is 17.9. The molecule has 8 nitrogen and oxygen atoms in total. The number of aryl methyl sites for hydroxylation is 2. The lowest BCUT2D eigenvalue weighted by molar-refractivity contribution is 0.277. The Morgan fingerprint density at radius 3 is 2.50 bits per heavy atom. The van der Waals surface area contributed by atoms with E-state index in [4.69, 9.17) is 5.10 Å². The molecule has 0 unspecified atom stereocenters. The van der Waals surface area contributed by atoms with Gasteiger partial charge in [0.05, 0.1) is 18.0 Å². The number of nitrogens with one attached hydrogen (secondary N) is 1. The third kappa shape index (κ3) is 3.54. The number of aromatic amines is 1. The summed E-state index contributed by atoms with van der Waals surface area (Å²) in [6, 6.07) is 18.4. The van der Waals surface area contributed by atoms with Gasteiger partial charge in [-0.15, -0.1) is 10.2 Å². The van der Waals surface area contributed by atoms with Gasteiger partial charge in [-0.1, -0.05) is 55.5 Å². The average Bonchev–Trinajstić information content (AvgIpc) is 3.48. The molecule has 0 fully saturated rings. The second-order valence-corrected chi connectivity index (χ2v) is 7.72. The second kappa shape index (κ2) is 8.32. The Bertz CT molecular complexity index is 1370. The number of H-pyrrole nitrogens is 1. The molecule has 5 rings (SSSR count). The molecule has 3 aromatic heterocycles. The van der Waals surface area contributed by atoms with E-state index >= 15 is 0 Å². The van der Waals surface area contributed by atoms with E-state index < -0.39 is 0 Å². The van der Waals surface area contributed by atoms with E-state index in [2.05, 4.69) is 62.9 Å². The number of benzene rings is 2. The monoisotopic (exact) mass is 425 g/mol. The number of aromatic nitrogens is 7. The smallest absolute Gasteiger partial charge is 0.205 e. The van der Waals surface area contributed by atoms with Gasteiger partial charge in [0.25, 0.3) is 0 Å². The van der Waals surface area contributed by atoms with Gasteiger partial charge in [-0.25, -0.2) is 9.50 Å². The highest BCUT2D eigenvalue weighted by Crippen LogP contribution is 2.30. The first-order valence-corrected chi connectivity index (χ1v) is 10.6. The fourth-order valence-corrected chi connectivity index (χ4v) is 4.07. The minimum Gasteiger partial charge on any atom is -0.390 e. The summed E-state index contributed by atoms with van der Waals surface area (Å²) in [4.78, 5) is 4.65. The molecule has 0 spiro atoms. The molecule has 32 heavy (non-hydrogen) atoms. The minimum atomic E-state index is -0.0854. The second-order valence-electron chi connectivity index (χ2n) is 7.72. The minimum absolute atomic E-state index is 0.0854. The van der Waals surface area contributed by atoms with Crippen molar-refractivity contribution in [2.45, 2.75) is 33.3 Å². The van der Waals surface area contributed by atoms with Crippen LogP contribution in [-0.4, -0.2) is 40.3 Å². The van der Waals surface area contributed by atoms with Crippen LogP contribution in [0, 0.1) is 6.92 Å². The van der Waals surface area contributed by atoms with E-state index in [1.807, 2.05) is 35.7 Å². The summed E-state index contributed by atoms with van der Waals surface area (Å²) >= 11 is 0. The first kappa shape index (κ1) is 20.0. The number of rotatable bonds is 6. The molecule has 0 aliphatic carbocycles. The number of fused-ring (bicyclic) bond motifs is 1. The third-order valence-corrected chi connectivity index (χ3v) is 5.65. The van der Waals surface area contributed by atoms with E-state index in [1.165, 1.54) is 5.56 Å². The van der Waals surface area contributed by atoms with E-state index in [0.717, 1.165) is 52.1 Å². The van der Waals surface area contributed by atoms with Crippen molar-refractivity contribution < 1.29 is 5.11 Å². The summed E-state index contributed by atoms with van der Waals surface area (Å²) in [5.41, 5.74) is 8.81. The van der Waals surface area contributed by atoms with E-state index in [1.54, 1.807) is 0 Å². The summed E-state index contributed by atoms with van der Waals surface area (Å²) in [6.07, 6.45) is 1.55. The first-order chi connectivity index (χ1) is 15.7. The van der Waals surface area contributed by atoms with E-state index in [0.29, 0.717) is 11.5 Å². The summed E-state index contributed by atoms with van der Waals surface area (Å²) in [5, 5.41) is 28.8. The van der Waals surface area contributed by atoms with Crippen molar-refractivity contribution in [2.24, 2.45) is 0 Å². The predicted molar refractivity (Wildman–Crippen MR) is 121 cm³/mol. The number of hydrogen-bond donors (Lipinski definition) is 2. The molecule has 0 saturated carbocycles. The van der Waals surface area contributed by atoms with Crippen LogP contribution in [0.3, 0.4) is 0 Å². The largest absolute Gasteiger partial charge is 0.390 e. The Hall–Kier alpha value is -3.91. The Morgan fingerprint density at radius 1 is 1.03 bits per heavy atom. The lowest BCUT2D eigenvalue weighted by Crippen LogP contribution is -2.01. The van der Waals surface area contributed by atoms with Crippen LogP contribution in [0.4, 0.5) is 0 Å². The molecular weight excluding hydrogens is 402 g/mol. The van der Waals surface area contributed by atoms with Gasteiger partial charge >= 0.3 is 0 Å². The maximum atomic E-state index is 9.59. The highest BCUT2D eigenvalue weighted by atomic mass is 16.3. The van der Waals surface area contributed by atoms with Crippen LogP contribution in [0.25, 0.3) is 28.2 Å². The molecule has 0 bridgehead atoms. The highest BCUT2D eigenvalue weighted by molar-refractivity contribution is 5.80. The van der Waals surface area contributed by atoms with Crippen LogP contribution in [-0.2, 0) is 19.4 Å². The summed E-state index contributed by atoms with van der Waals surface area (Å²) < 4.78 is 1.88. The molecule has 160 valence electrons. The lowest BCUT2D eigenvalue weighted by atomic mass is 9.96. The Morgan fingerprint density at radius 2 is 1.81 bits per heavy atom. The van der Waals surface area contributed by atoms with Crippen molar-refractivity contribution in [1.82, 2.24) is 35.2 Å². The van der Waals surface area contributed by atoms with E-state index in [-0.39, 0.29) is 6.61 Å². The molecular formula is C24H23N7O. The normalized spacial score (nSPS) is 11.3. The van der Waals surface area contributed by atoms with Gasteiger partial charge in [0.2, 0.25) is 5.82 Å². The Balaban J connectivity index is 1.51. The average molecular weight is 425 g/mol. The number of hydrogen-bond acceptors (Lipinski definition) is 6. The molecule has 8 heteroatoms. The zero-order valence-corrected chi connectivity index (χ0v) is 17.9. The molecule has 0 amide bonds. The fourth-order valence-electron chi connectivity index (χ4n) is 4.07. The number of tetrazole rings is 1. The molecule has 0 radical (unpaired) electrons. The standard InChI is InChI=1S/C24H23N7O/c1-3-22-21(24-25-18(14-32)12-15(2)31(24)28-22)13-16-8-10-17(11-9-16)19-6-4-5-7-20(19)23-26-29-30-27-23/h4-12,32H,3,13-14H2,1-2H3,(H,26,27,29,30). The van der Waals surface area contributed by atoms with Gasteiger partial charge in [-0.3, -0.25) is 0 Å². The van der Waals surface area contributed by atoms with Gasteiger partial charge in [-0.05, 0) is 41.3 Å². The van der Waals surface area contributed by atoms with Crippen molar-refractivity contribution >= 4 is 5.65 Å². The van der Waals surface area contributed by atoms with Crippen molar-refractivity contribution in [3.05, 3.63) is 82.8 Å². The van der Waals surface area contributed by atoms with Crippen molar-refractivity contribution in [3.8, 4) is 22.5 Å². The van der Waals surface area contributed by atoms with Crippen LogP contribution < -0.4 is 0 Å². The maximum Gasteiger partial charge on any atom is 0.205 e. The van der Waals surface area contributed by atoms with Crippen molar-refractivity contribution in [3.63, 3.8) is 0 Å². The maximum absolute atomic E-state index is 9.59. The molecule has 0 atom stereocenters. The zero-order chi connectivity index (χ0) is 22.1. The van der Waals surface area contributed by atoms with Gasteiger partial charge in [-0.2, -0.15) is 10.3 Å². The number of aliphatic hydroxyl groups is 1. The molecule has 2 N–H and O–H groups in total. The van der Waals surface area contributed by atoms with Gasteiger partial charge in [0.15, 0.2) is 5.65 Å². The summed E-state index contributed by atoms with van der Waals surface area (Å²) in [7, 11) is 0. The number of aliphatic hydroxyl groups excluding tert-OH is 1. The van der Waals surface area contributed by atoms with Crippen molar-refractivity contribution in [2.75, 3.05) is 0 Å². The summed E-state index contributed by atoms with van der Waals surface area (Å²) in [5.74, 6) is 0.574. The number of nitrogens with zero attached hydrogens (tertiary/aromatic N) is 6. The SMILES string of the molecule is CCc1nn2c(C)cc(CO)nc2c1Cc1ccc(-c2ccccc2-c2nn[nH]n2)cc1. The topological polar surface area (TPSA) is 105 Å².